The van der Waals surface area contributed by atoms with Gasteiger partial charge in [0.05, 0.1) is 0 Å². The van der Waals surface area contributed by atoms with Crippen LogP contribution < -0.4 is 0 Å². The highest BCUT2D eigenvalue weighted by Crippen LogP contribution is 2.08. The maximum atomic E-state index is 4.24. The van der Waals surface area contributed by atoms with Crippen molar-refractivity contribution < 1.29 is 0 Å². The number of fused-ring (bicyclic) bond motifs is 1. The summed E-state index contributed by atoms with van der Waals surface area (Å²) >= 11 is 0. The average Bonchev–Trinajstić information content (AvgIpc) is 2.34. The third kappa shape index (κ3) is 0.827. The van der Waals surface area contributed by atoms with Crippen LogP contribution in [0.25, 0.3) is 5.65 Å². The Balaban J connectivity index is 2.96. The Morgan fingerprint density at radius 2 is 2.00 bits per heavy atom. The van der Waals surface area contributed by atoms with Crippen LogP contribution in [0.1, 0.15) is 11.4 Å². The SMILES string of the molecule is Cc1cccc2ncc(C)n12. The van der Waals surface area contributed by atoms with Crippen LogP contribution in [0, 0.1) is 13.8 Å². The highest BCUT2D eigenvalue weighted by molar-refractivity contribution is 5.41. The van der Waals surface area contributed by atoms with Crippen molar-refractivity contribution in [1.82, 2.24) is 9.38 Å². The molecule has 0 radical (unpaired) electrons. The topological polar surface area (TPSA) is 17.3 Å². The van der Waals surface area contributed by atoms with E-state index in [9.17, 15) is 0 Å². The van der Waals surface area contributed by atoms with Crippen LogP contribution in [0.15, 0.2) is 24.4 Å². The Labute approximate surface area is 65.5 Å². The molecule has 0 bridgehead atoms. The van der Waals surface area contributed by atoms with Gasteiger partial charge in [-0.05, 0) is 26.0 Å². The summed E-state index contributed by atoms with van der Waals surface area (Å²) in [4.78, 5) is 4.24. The van der Waals surface area contributed by atoms with Crippen molar-refractivity contribution in [2.24, 2.45) is 0 Å². The second-order valence-electron chi connectivity index (χ2n) is 2.76. The molecular weight excluding hydrogens is 136 g/mol. The van der Waals surface area contributed by atoms with Crippen molar-refractivity contribution in [3.8, 4) is 0 Å². The first-order chi connectivity index (χ1) is 5.29. The standard InChI is InChI=1S/C9H10N2/c1-7-4-3-5-9-10-6-8(2)11(7)9/h3-6H,1-2H3. The molecule has 0 aliphatic heterocycles. The molecule has 0 aliphatic carbocycles. The van der Waals surface area contributed by atoms with Crippen LogP contribution >= 0.6 is 0 Å². The molecule has 2 aromatic heterocycles. The molecule has 0 spiro atoms. The van der Waals surface area contributed by atoms with Crippen molar-refractivity contribution in [3.63, 3.8) is 0 Å². The van der Waals surface area contributed by atoms with Crippen molar-refractivity contribution in [1.29, 1.82) is 0 Å². The first kappa shape index (κ1) is 6.40. The second-order valence-corrected chi connectivity index (χ2v) is 2.76. The van der Waals surface area contributed by atoms with E-state index in [2.05, 4.69) is 29.3 Å². The third-order valence-corrected chi connectivity index (χ3v) is 1.90. The molecule has 0 saturated heterocycles. The summed E-state index contributed by atoms with van der Waals surface area (Å²) in [6.07, 6.45) is 1.89. The van der Waals surface area contributed by atoms with Crippen molar-refractivity contribution >= 4 is 5.65 Å². The summed E-state index contributed by atoms with van der Waals surface area (Å²) in [5.74, 6) is 0. The lowest BCUT2D eigenvalue weighted by atomic mass is 10.3. The average molecular weight is 146 g/mol. The molecule has 2 aromatic rings. The van der Waals surface area contributed by atoms with Gasteiger partial charge < -0.3 is 4.40 Å². The molecule has 2 nitrogen and oxygen atoms in total. The summed E-state index contributed by atoms with van der Waals surface area (Å²) < 4.78 is 2.14. The van der Waals surface area contributed by atoms with Crippen LogP contribution in [0.5, 0.6) is 0 Å². The molecule has 2 heterocycles. The van der Waals surface area contributed by atoms with Crippen molar-refractivity contribution in [2.75, 3.05) is 0 Å². The third-order valence-electron chi connectivity index (χ3n) is 1.90. The zero-order chi connectivity index (χ0) is 7.84. The van der Waals surface area contributed by atoms with E-state index in [1.54, 1.807) is 0 Å². The first-order valence-corrected chi connectivity index (χ1v) is 3.69. The number of hydrogen-bond acceptors (Lipinski definition) is 1. The predicted molar refractivity (Wildman–Crippen MR) is 44.7 cm³/mol. The maximum Gasteiger partial charge on any atom is 0.137 e. The number of pyridine rings is 1. The van der Waals surface area contributed by atoms with E-state index in [-0.39, 0.29) is 0 Å². The number of nitrogens with zero attached hydrogens (tertiary/aromatic N) is 2. The maximum absolute atomic E-state index is 4.24. The van der Waals surface area contributed by atoms with Gasteiger partial charge in [0.1, 0.15) is 5.65 Å². The number of aromatic nitrogens is 2. The Hall–Kier alpha value is -1.31. The van der Waals surface area contributed by atoms with E-state index in [4.69, 9.17) is 0 Å². The van der Waals surface area contributed by atoms with E-state index < -0.39 is 0 Å². The van der Waals surface area contributed by atoms with E-state index in [0.717, 1.165) is 5.65 Å². The number of imidazole rings is 1. The van der Waals surface area contributed by atoms with E-state index in [1.807, 2.05) is 18.3 Å². The van der Waals surface area contributed by atoms with Gasteiger partial charge in [0.2, 0.25) is 0 Å². The Morgan fingerprint density at radius 3 is 2.73 bits per heavy atom. The molecule has 0 fully saturated rings. The molecular formula is C9H10N2. The van der Waals surface area contributed by atoms with E-state index >= 15 is 0 Å². The van der Waals surface area contributed by atoms with Crippen molar-refractivity contribution in [3.05, 3.63) is 35.8 Å². The van der Waals surface area contributed by atoms with Gasteiger partial charge in [-0.3, -0.25) is 0 Å². The molecule has 2 heteroatoms. The summed E-state index contributed by atoms with van der Waals surface area (Å²) in [6.45, 7) is 4.15. The van der Waals surface area contributed by atoms with Crippen molar-refractivity contribution in [2.45, 2.75) is 13.8 Å². The highest BCUT2D eigenvalue weighted by atomic mass is 15.0. The number of hydrogen-bond donors (Lipinski definition) is 0. The van der Waals surface area contributed by atoms with E-state index in [1.165, 1.54) is 11.4 Å². The fourth-order valence-electron chi connectivity index (χ4n) is 1.38. The Kier molecular flexibility index (Phi) is 1.22. The Morgan fingerprint density at radius 1 is 1.18 bits per heavy atom. The van der Waals surface area contributed by atoms with Gasteiger partial charge in [-0.1, -0.05) is 6.07 Å². The normalized spacial score (nSPS) is 10.7. The summed E-state index contributed by atoms with van der Waals surface area (Å²) in [5, 5.41) is 0. The van der Waals surface area contributed by atoms with Crippen LogP contribution in [-0.4, -0.2) is 9.38 Å². The zero-order valence-corrected chi connectivity index (χ0v) is 6.70. The predicted octanol–water partition coefficient (Wildman–Crippen LogP) is 1.95. The van der Waals surface area contributed by atoms with Gasteiger partial charge in [-0.15, -0.1) is 0 Å². The van der Waals surface area contributed by atoms with Gasteiger partial charge in [-0.2, -0.15) is 0 Å². The van der Waals surface area contributed by atoms with Gasteiger partial charge in [0.15, 0.2) is 0 Å². The van der Waals surface area contributed by atoms with Gasteiger partial charge in [0.25, 0.3) is 0 Å². The first-order valence-electron chi connectivity index (χ1n) is 3.69. The minimum absolute atomic E-state index is 1.03. The lowest BCUT2D eigenvalue weighted by Gasteiger charge is -1.99. The Bertz CT molecular complexity index is 387. The molecule has 0 aromatic carbocycles. The summed E-state index contributed by atoms with van der Waals surface area (Å²) in [5.41, 5.74) is 3.46. The van der Waals surface area contributed by atoms with Gasteiger partial charge >= 0.3 is 0 Å². The molecule has 0 aliphatic rings. The van der Waals surface area contributed by atoms with Gasteiger partial charge in [-0.25, -0.2) is 4.98 Å². The molecule has 0 saturated carbocycles. The zero-order valence-electron chi connectivity index (χ0n) is 6.70. The second kappa shape index (κ2) is 2.09. The number of aryl methyl sites for hydroxylation is 2. The molecule has 56 valence electrons. The fourth-order valence-corrected chi connectivity index (χ4v) is 1.38. The number of rotatable bonds is 0. The molecule has 0 unspecified atom stereocenters. The minimum Gasteiger partial charge on any atom is -0.302 e. The molecule has 2 rings (SSSR count). The van der Waals surface area contributed by atoms with Crippen LogP contribution in [-0.2, 0) is 0 Å². The van der Waals surface area contributed by atoms with Crippen LogP contribution in [0.2, 0.25) is 0 Å². The monoisotopic (exact) mass is 146 g/mol. The fraction of sp³-hybridized carbons (Fsp3) is 0.222. The highest BCUT2D eigenvalue weighted by Gasteiger charge is 1.98. The quantitative estimate of drug-likeness (QED) is 0.555. The van der Waals surface area contributed by atoms with E-state index in [0.29, 0.717) is 0 Å². The van der Waals surface area contributed by atoms with Gasteiger partial charge in [0, 0.05) is 17.6 Å². The minimum atomic E-state index is 1.03. The van der Waals surface area contributed by atoms with Crippen LogP contribution in [0.3, 0.4) is 0 Å². The summed E-state index contributed by atoms with van der Waals surface area (Å²) in [7, 11) is 0. The molecule has 0 amide bonds. The molecule has 0 N–H and O–H groups in total. The molecule has 0 atom stereocenters. The smallest absolute Gasteiger partial charge is 0.137 e. The largest absolute Gasteiger partial charge is 0.302 e. The molecule has 11 heavy (non-hydrogen) atoms. The lowest BCUT2D eigenvalue weighted by Crippen LogP contribution is -1.91. The lowest BCUT2D eigenvalue weighted by molar-refractivity contribution is 1.04. The summed E-state index contributed by atoms with van der Waals surface area (Å²) in [6, 6.07) is 6.12. The van der Waals surface area contributed by atoms with Crippen LogP contribution in [0.4, 0.5) is 0 Å².